The van der Waals surface area contributed by atoms with Gasteiger partial charge in [0.2, 0.25) is 5.91 Å². The third-order valence-corrected chi connectivity index (χ3v) is 5.07. The minimum atomic E-state index is -0.326. The Morgan fingerprint density at radius 3 is 2.38 bits per heavy atom. The lowest BCUT2D eigenvalue weighted by Gasteiger charge is -2.34. The first-order valence-electron chi connectivity index (χ1n) is 8.44. The summed E-state index contributed by atoms with van der Waals surface area (Å²) in [6.45, 7) is 4.23. The zero-order chi connectivity index (χ0) is 18.5. The van der Waals surface area contributed by atoms with Gasteiger partial charge >= 0.3 is 0 Å². The maximum atomic E-state index is 13.1. The smallest absolute Gasteiger partial charge is 0.238 e. The SMILES string of the molecule is O=C(CN1CCN(Cc2ccc(F)cc2Cl)CC1)Nc1ccccc1Cl. The van der Waals surface area contributed by atoms with E-state index in [1.54, 1.807) is 18.2 Å². The molecule has 1 heterocycles. The van der Waals surface area contributed by atoms with Crippen molar-refractivity contribution < 1.29 is 9.18 Å². The molecule has 138 valence electrons. The third kappa shape index (κ3) is 5.17. The van der Waals surface area contributed by atoms with E-state index in [1.807, 2.05) is 12.1 Å². The van der Waals surface area contributed by atoms with Crippen molar-refractivity contribution in [3.63, 3.8) is 0 Å². The van der Waals surface area contributed by atoms with Gasteiger partial charge < -0.3 is 5.32 Å². The second kappa shape index (κ2) is 8.82. The lowest BCUT2D eigenvalue weighted by atomic mass is 10.2. The first-order valence-corrected chi connectivity index (χ1v) is 9.20. The van der Waals surface area contributed by atoms with E-state index in [9.17, 15) is 9.18 Å². The number of benzene rings is 2. The summed E-state index contributed by atoms with van der Waals surface area (Å²) < 4.78 is 13.1. The summed E-state index contributed by atoms with van der Waals surface area (Å²) in [4.78, 5) is 16.6. The summed E-state index contributed by atoms with van der Waals surface area (Å²) in [5, 5.41) is 3.82. The molecular formula is C19H20Cl2FN3O. The van der Waals surface area contributed by atoms with Crippen molar-refractivity contribution in [2.24, 2.45) is 0 Å². The summed E-state index contributed by atoms with van der Waals surface area (Å²) in [6, 6.07) is 11.7. The summed E-state index contributed by atoms with van der Waals surface area (Å²) in [6.07, 6.45) is 0. The van der Waals surface area contributed by atoms with Crippen LogP contribution in [-0.4, -0.2) is 48.4 Å². The molecule has 0 atom stereocenters. The van der Waals surface area contributed by atoms with Crippen molar-refractivity contribution in [2.75, 3.05) is 38.0 Å². The third-order valence-electron chi connectivity index (χ3n) is 4.39. The number of para-hydroxylation sites is 1. The monoisotopic (exact) mass is 395 g/mol. The molecular weight excluding hydrogens is 376 g/mol. The fourth-order valence-corrected chi connectivity index (χ4v) is 3.36. The van der Waals surface area contributed by atoms with Gasteiger partial charge in [-0.15, -0.1) is 0 Å². The van der Waals surface area contributed by atoms with Crippen molar-refractivity contribution in [2.45, 2.75) is 6.54 Å². The van der Waals surface area contributed by atoms with Gasteiger partial charge in [-0.05, 0) is 29.8 Å². The fourth-order valence-electron chi connectivity index (χ4n) is 2.95. The first-order chi connectivity index (χ1) is 12.5. The zero-order valence-corrected chi connectivity index (χ0v) is 15.7. The Morgan fingerprint density at radius 2 is 1.69 bits per heavy atom. The molecule has 1 amide bonds. The lowest BCUT2D eigenvalue weighted by Crippen LogP contribution is -2.48. The standard InChI is InChI=1S/C19H20Cl2FN3O/c20-16-3-1-2-4-18(16)23-19(26)13-25-9-7-24(8-10-25)12-14-5-6-15(22)11-17(14)21/h1-6,11H,7-10,12-13H2,(H,23,26). The number of anilines is 1. The number of carbonyl (C=O) groups is 1. The van der Waals surface area contributed by atoms with E-state index in [0.29, 0.717) is 28.8 Å². The highest BCUT2D eigenvalue weighted by Crippen LogP contribution is 2.21. The molecule has 0 aliphatic carbocycles. The quantitative estimate of drug-likeness (QED) is 0.833. The average Bonchev–Trinajstić information content (AvgIpc) is 2.61. The normalized spacial score (nSPS) is 15.8. The number of piperazine rings is 1. The van der Waals surface area contributed by atoms with Gasteiger partial charge in [0.1, 0.15) is 5.82 Å². The van der Waals surface area contributed by atoms with Crippen LogP contribution in [0.2, 0.25) is 10.0 Å². The van der Waals surface area contributed by atoms with Crippen LogP contribution in [0.15, 0.2) is 42.5 Å². The number of nitrogens with zero attached hydrogens (tertiary/aromatic N) is 2. The molecule has 1 aliphatic heterocycles. The van der Waals surface area contributed by atoms with Crippen LogP contribution in [0, 0.1) is 5.82 Å². The van der Waals surface area contributed by atoms with Gasteiger partial charge in [0.25, 0.3) is 0 Å². The molecule has 7 heteroatoms. The van der Waals surface area contributed by atoms with E-state index >= 15 is 0 Å². The van der Waals surface area contributed by atoms with E-state index in [-0.39, 0.29) is 11.7 Å². The van der Waals surface area contributed by atoms with Gasteiger partial charge in [0.15, 0.2) is 0 Å². The molecule has 3 rings (SSSR count). The van der Waals surface area contributed by atoms with Crippen LogP contribution in [0.5, 0.6) is 0 Å². The van der Waals surface area contributed by atoms with E-state index in [1.165, 1.54) is 12.1 Å². The Morgan fingerprint density at radius 1 is 1.00 bits per heavy atom. The second-order valence-electron chi connectivity index (χ2n) is 6.32. The Kier molecular flexibility index (Phi) is 6.48. The zero-order valence-electron chi connectivity index (χ0n) is 14.2. The lowest BCUT2D eigenvalue weighted by molar-refractivity contribution is -0.117. The fraction of sp³-hybridized carbons (Fsp3) is 0.316. The molecule has 0 spiro atoms. The molecule has 1 N–H and O–H groups in total. The predicted octanol–water partition coefficient (Wildman–Crippen LogP) is 3.89. The van der Waals surface area contributed by atoms with E-state index < -0.39 is 0 Å². The first kappa shape index (κ1) is 19.1. The number of hydrogen-bond acceptors (Lipinski definition) is 3. The van der Waals surface area contributed by atoms with E-state index in [0.717, 1.165) is 31.7 Å². The Balaban J connectivity index is 1.46. The van der Waals surface area contributed by atoms with Crippen molar-refractivity contribution in [1.82, 2.24) is 9.80 Å². The highest BCUT2D eigenvalue weighted by molar-refractivity contribution is 6.33. The number of hydrogen-bond donors (Lipinski definition) is 1. The van der Waals surface area contributed by atoms with Gasteiger partial charge in [-0.2, -0.15) is 0 Å². The molecule has 0 unspecified atom stereocenters. The van der Waals surface area contributed by atoms with Gasteiger partial charge in [-0.25, -0.2) is 4.39 Å². The topological polar surface area (TPSA) is 35.6 Å². The van der Waals surface area contributed by atoms with Crippen LogP contribution in [0.25, 0.3) is 0 Å². The molecule has 1 aliphatic rings. The van der Waals surface area contributed by atoms with Crippen LogP contribution in [0.4, 0.5) is 10.1 Å². The van der Waals surface area contributed by atoms with Crippen LogP contribution >= 0.6 is 23.2 Å². The molecule has 0 saturated carbocycles. The largest absolute Gasteiger partial charge is 0.324 e. The minimum absolute atomic E-state index is 0.0758. The van der Waals surface area contributed by atoms with Gasteiger partial charge in [-0.3, -0.25) is 14.6 Å². The molecule has 0 radical (unpaired) electrons. The molecule has 26 heavy (non-hydrogen) atoms. The van der Waals surface area contributed by atoms with Crippen LogP contribution in [0.3, 0.4) is 0 Å². The molecule has 2 aromatic rings. The number of rotatable bonds is 5. The summed E-state index contributed by atoms with van der Waals surface area (Å²) >= 11 is 12.2. The minimum Gasteiger partial charge on any atom is -0.324 e. The maximum Gasteiger partial charge on any atom is 0.238 e. The number of nitrogens with one attached hydrogen (secondary N) is 1. The molecule has 0 bridgehead atoms. The summed E-state index contributed by atoms with van der Waals surface area (Å²) in [5.41, 5.74) is 1.54. The molecule has 0 aromatic heterocycles. The van der Waals surface area contributed by atoms with Crippen LogP contribution in [-0.2, 0) is 11.3 Å². The van der Waals surface area contributed by atoms with Gasteiger partial charge in [0.05, 0.1) is 17.3 Å². The molecule has 2 aromatic carbocycles. The highest BCUT2D eigenvalue weighted by Gasteiger charge is 2.20. The molecule has 1 saturated heterocycles. The van der Waals surface area contributed by atoms with Crippen molar-refractivity contribution in [3.05, 3.63) is 63.9 Å². The van der Waals surface area contributed by atoms with Gasteiger partial charge in [-0.1, -0.05) is 41.4 Å². The van der Waals surface area contributed by atoms with Crippen molar-refractivity contribution in [3.8, 4) is 0 Å². The Labute approximate surface area is 162 Å². The Bertz CT molecular complexity index is 779. The molecule has 1 fully saturated rings. The number of carbonyl (C=O) groups excluding carboxylic acids is 1. The van der Waals surface area contributed by atoms with Crippen molar-refractivity contribution >= 4 is 34.8 Å². The van der Waals surface area contributed by atoms with E-state index in [2.05, 4.69) is 15.1 Å². The molecule has 4 nitrogen and oxygen atoms in total. The van der Waals surface area contributed by atoms with Crippen LogP contribution < -0.4 is 5.32 Å². The second-order valence-corrected chi connectivity index (χ2v) is 7.13. The summed E-state index contributed by atoms with van der Waals surface area (Å²) in [5.74, 6) is -0.402. The summed E-state index contributed by atoms with van der Waals surface area (Å²) in [7, 11) is 0. The highest BCUT2D eigenvalue weighted by atomic mass is 35.5. The van der Waals surface area contributed by atoms with Crippen LogP contribution in [0.1, 0.15) is 5.56 Å². The van der Waals surface area contributed by atoms with E-state index in [4.69, 9.17) is 23.2 Å². The predicted molar refractivity (Wildman–Crippen MR) is 103 cm³/mol. The Hall–Kier alpha value is -1.66. The van der Waals surface area contributed by atoms with Crippen molar-refractivity contribution in [1.29, 1.82) is 0 Å². The van der Waals surface area contributed by atoms with Gasteiger partial charge in [0, 0.05) is 37.7 Å². The average molecular weight is 396 g/mol. The number of amides is 1. The maximum absolute atomic E-state index is 13.1. The number of halogens is 3.